The van der Waals surface area contributed by atoms with Crippen LogP contribution in [0.1, 0.15) is 36.4 Å². The van der Waals surface area contributed by atoms with Crippen LogP contribution in [0, 0.1) is 0 Å². The predicted molar refractivity (Wildman–Crippen MR) is 128 cm³/mol. The molecule has 4 aromatic rings. The van der Waals surface area contributed by atoms with Crippen molar-refractivity contribution in [3.05, 3.63) is 94.5 Å². The number of carbonyl (C=O) groups excluding carboxylic acids is 1. The summed E-state index contributed by atoms with van der Waals surface area (Å²) in [6.07, 6.45) is 2.27. The Morgan fingerprint density at radius 1 is 1.03 bits per heavy atom. The Balaban J connectivity index is 1.34. The van der Waals surface area contributed by atoms with Gasteiger partial charge in [-0.05, 0) is 47.5 Å². The molecule has 2 aromatic heterocycles. The SMILES string of the molecule is O=C1CCCC2=C1C(c1ccc(OCc3ccccc3)cc1)n1nc(-c3cccs3)nc1N2. The highest BCUT2D eigenvalue weighted by Gasteiger charge is 2.37. The fourth-order valence-electron chi connectivity index (χ4n) is 4.46. The largest absolute Gasteiger partial charge is 0.489 e. The highest BCUT2D eigenvalue weighted by atomic mass is 32.1. The topological polar surface area (TPSA) is 69.0 Å². The number of rotatable bonds is 5. The zero-order chi connectivity index (χ0) is 22.2. The average Bonchev–Trinajstić information content (AvgIpc) is 3.53. The van der Waals surface area contributed by atoms with Gasteiger partial charge in [-0.25, -0.2) is 4.68 Å². The molecule has 164 valence electrons. The van der Waals surface area contributed by atoms with Crippen LogP contribution < -0.4 is 10.1 Å². The van der Waals surface area contributed by atoms with Crippen LogP contribution in [0.4, 0.5) is 5.95 Å². The Bertz CT molecular complexity index is 1320. The fourth-order valence-corrected chi connectivity index (χ4v) is 5.11. The maximum absolute atomic E-state index is 13.0. The lowest BCUT2D eigenvalue weighted by Crippen LogP contribution is -2.31. The molecule has 0 saturated carbocycles. The first-order chi connectivity index (χ1) is 16.3. The number of hydrogen-bond donors (Lipinski definition) is 1. The van der Waals surface area contributed by atoms with E-state index < -0.39 is 0 Å². The molecule has 1 aliphatic heterocycles. The molecular formula is C26H22N4O2S. The summed E-state index contributed by atoms with van der Waals surface area (Å²) >= 11 is 1.60. The molecule has 1 unspecified atom stereocenters. The molecule has 0 radical (unpaired) electrons. The summed E-state index contributed by atoms with van der Waals surface area (Å²) in [6.45, 7) is 0.513. The Kier molecular flexibility index (Phi) is 5.03. The maximum atomic E-state index is 13.0. The highest BCUT2D eigenvalue weighted by Crippen LogP contribution is 2.41. The molecule has 1 N–H and O–H groups in total. The van der Waals surface area contributed by atoms with Gasteiger partial charge < -0.3 is 10.1 Å². The second-order valence-corrected chi connectivity index (χ2v) is 9.17. The van der Waals surface area contributed by atoms with Gasteiger partial charge in [0.05, 0.1) is 4.88 Å². The van der Waals surface area contributed by atoms with Gasteiger partial charge in [-0.3, -0.25) is 4.79 Å². The third kappa shape index (κ3) is 3.74. The molecule has 7 heteroatoms. The molecule has 2 aromatic carbocycles. The number of nitrogens with one attached hydrogen (secondary N) is 1. The average molecular weight is 455 g/mol. The maximum Gasteiger partial charge on any atom is 0.226 e. The summed E-state index contributed by atoms with van der Waals surface area (Å²) < 4.78 is 7.82. The summed E-state index contributed by atoms with van der Waals surface area (Å²) in [5.41, 5.74) is 3.89. The number of thiophene rings is 1. The minimum atomic E-state index is -0.298. The normalized spacial score (nSPS) is 17.3. The number of aromatic nitrogens is 3. The van der Waals surface area contributed by atoms with E-state index in [4.69, 9.17) is 14.8 Å². The van der Waals surface area contributed by atoms with E-state index in [1.54, 1.807) is 11.3 Å². The zero-order valence-corrected chi connectivity index (χ0v) is 18.7. The van der Waals surface area contributed by atoms with Crippen molar-refractivity contribution in [3.63, 3.8) is 0 Å². The zero-order valence-electron chi connectivity index (χ0n) is 17.9. The van der Waals surface area contributed by atoms with Crippen LogP contribution in [0.15, 0.2) is 83.4 Å². The van der Waals surface area contributed by atoms with Crippen LogP contribution in [-0.2, 0) is 11.4 Å². The van der Waals surface area contributed by atoms with Crippen LogP contribution >= 0.6 is 11.3 Å². The molecule has 2 aliphatic rings. The van der Waals surface area contributed by atoms with Gasteiger partial charge in [-0.15, -0.1) is 16.4 Å². The highest BCUT2D eigenvalue weighted by molar-refractivity contribution is 7.13. The standard InChI is InChI=1S/C26H22N4O2S/c31-21-9-4-8-20-23(21)24(30-26(27-20)28-25(29-30)22-10-5-15-33-22)18-11-13-19(14-12-18)32-16-17-6-2-1-3-7-17/h1-3,5-7,10-15,24H,4,8-9,16H2,(H,27,28,29). The minimum absolute atomic E-state index is 0.178. The van der Waals surface area contributed by atoms with E-state index >= 15 is 0 Å². The van der Waals surface area contributed by atoms with Gasteiger partial charge >= 0.3 is 0 Å². The molecule has 3 heterocycles. The fraction of sp³-hybridized carbons (Fsp3) is 0.192. The Morgan fingerprint density at radius 2 is 1.88 bits per heavy atom. The summed E-state index contributed by atoms with van der Waals surface area (Å²) in [5.74, 6) is 2.32. The Morgan fingerprint density at radius 3 is 2.67 bits per heavy atom. The van der Waals surface area contributed by atoms with Gasteiger partial charge in [-0.1, -0.05) is 48.5 Å². The predicted octanol–water partition coefficient (Wildman–Crippen LogP) is 5.61. The van der Waals surface area contributed by atoms with Crippen molar-refractivity contribution in [3.8, 4) is 16.5 Å². The van der Waals surface area contributed by atoms with Crippen LogP contribution in [0.5, 0.6) is 5.75 Å². The minimum Gasteiger partial charge on any atom is -0.489 e. The van der Waals surface area contributed by atoms with Crippen molar-refractivity contribution in [2.24, 2.45) is 0 Å². The first-order valence-corrected chi connectivity index (χ1v) is 11.9. The molecule has 0 saturated heterocycles. The summed E-state index contributed by atoms with van der Waals surface area (Å²) in [6, 6.07) is 21.8. The van der Waals surface area contributed by atoms with E-state index in [0.717, 1.165) is 45.9 Å². The summed E-state index contributed by atoms with van der Waals surface area (Å²) in [4.78, 5) is 18.8. The number of Topliss-reactive ketones (excluding diaryl/α,β-unsaturated/α-hetero) is 1. The number of fused-ring (bicyclic) bond motifs is 1. The van der Waals surface area contributed by atoms with Gasteiger partial charge in [-0.2, -0.15) is 4.98 Å². The first kappa shape index (κ1) is 19.9. The lowest BCUT2D eigenvalue weighted by atomic mass is 9.85. The third-order valence-electron chi connectivity index (χ3n) is 6.05. The van der Waals surface area contributed by atoms with Crippen molar-refractivity contribution >= 4 is 23.1 Å². The van der Waals surface area contributed by atoms with Gasteiger partial charge in [0.2, 0.25) is 5.95 Å². The van der Waals surface area contributed by atoms with E-state index in [0.29, 0.717) is 24.8 Å². The number of benzene rings is 2. The molecule has 33 heavy (non-hydrogen) atoms. The molecule has 6 nitrogen and oxygen atoms in total. The van der Waals surface area contributed by atoms with Crippen molar-refractivity contribution in [1.29, 1.82) is 0 Å². The quantitative estimate of drug-likeness (QED) is 0.425. The Labute approximate surface area is 195 Å². The van der Waals surface area contributed by atoms with Gasteiger partial charge in [0.25, 0.3) is 0 Å². The van der Waals surface area contributed by atoms with Crippen LogP contribution in [0.25, 0.3) is 10.7 Å². The summed E-state index contributed by atoms with van der Waals surface area (Å²) in [5, 5.41) is 10.2. The van der Waals surface area contributed by atoms with Crippen LogP contribution in [0.3, 0.4) is 0 Å². The number of anilines is 1. The lowest BCUT2D eigenvalue weighted by Gasteiger charge is -2.32. The molecule has 0 bridgehead atoms. The lowest BCUT2D eigenvalue weighted by molar-refractivity contribution is -0.116. The van der Waals surface area contributed by atoms with Crippen molar-refractivity contribution in [2.75, 3.05) is 5.32 Å². The molecule has 1 atom stereocenters. The third-order valence-corrected chi connectivity index (χ3v) is 6.92. The monoisotopic (exact) mass is 454 g/mol. The van der Waals surface area contributed by atoms with E-state index in [2.05, 4.69) is 5.32 Å². The van der Waals surface area contributed by atoms with Gasteiger partial charge in [0, 0.05) is 17.7 Å². The van der Waals surface area contributed by atoms with Gasteiger partial charge in [0.1, 0.15) is 18.4 Å². The number of hydrogen-bond acceptors (Lipinski definition) is 6. The van der Waals surface area contributed by atoms with Crippen molar-refractivity contribution in [2.45, 2.75) is 31.9 Å². The Hall–Kier alpha value is -3.71. The van der Waals surface area contributed by atoms with Crippen molar-refractivity contribution in [1.82, 2.24) is 14.8 Å². The molecule has 6 rings (SSSR count). The van der Waals surface area contributed by atoms with Crippen LogP contribution in [0.2, 0.25) is 0 Å². The number of ketones is 1. The first-order valence-electron chi connectivity index (χ1n) is 11.1. The van der Waals surface area contributed by atoms with Gasteiger partial charge in [0.15, 0.2) is 11.6 Å². The smallest absolute Gasteiger partial charge is 0.226 e. The number of ether oxygens (including phenoxy) is 1. The summed E-state index contributed by atoms with van der Waals surface area (Å²) in [7, 11) is 0. The number of nitrogens with zero attached hydrogens (tertiary/aromatic N) is 3. The van der Waals surface area contributed by atoms with E-state index in [9.17, 15) is 4.79 Å². The number of carbonyl (C=O) groups is 1. The van der Waals surface area contributed by atoms with Crippen LogP contribution in [-0.4, -0.2) is 20.5 Å². The second-order valence-electron chi connectivity index (χ2n) is 8.22. The molecule has 0 spiro atoms. The molecule has 1 aliphatic carbocycles. The van der Waals surface area contributed by atoms with E-state index in [1.807, 2.05) is 76.8 Å². The molecule has 0 amide bonds. The van der Waals surface area contributed by atoms with Crippen molar-refractivity contribution < 1.29 is 9.53 Å². The molecular weight excluding hydrogens is 432 g/mol. The van der Waals surface area contributed by atoms with E-state index in [1.165, 1.54) is 0 Å². The molecule has 0 fully saturated rings. The van der Waals surface area contributed by atoms with E-state index in [-0.39, 0.29) is 11.8 Å². The second kappa shape index (κ2) is 8.33. The number of allylic oxidation sites excluding steroid dienone is 2.